The Kier molecular flexibility index (Phi) is 32.4. The highest BCUT2D eigenvalue weighted by Crippen LogP contribution is 2.39. The van der Waals surface area contributed by atoms with Crippen LogP contribution in [-0.2, 0) is 76.0 Å². The number of ether oxygens (including phenoxy) is 13. The molecule has 26 atom stereocenters. The van der Waals surface area contributed by atoms with Gasteiger partial charge in [0, 0.05) is 19.3 Å². The Morgan fingerprint density at radius 1 is 0.398 bits per heavy atom. The van der Waals surface area contributed by atoms with E-state index in [0.717, 1.165) is 122 Å². The van der Waals surface area contributed by atoms with E-state index in [4.69, 9.17) is 61.6 Å². The molecule has 6 fully saturated rings. The Bertz CT molecular complexity index is 1990. The average molecular weight is 1270 g/mol. The summed E-state index contributed by atoms with van der Waals surface area (Å²) < 4.78 is 82.1. The van der Waals surface area contributed by atoms with Gasteiger partial charge in [-0.05, 0) is 66.7 Å². The molecule has 0 spiro atoms. The number of unbranched alkanes of at least 4 members (excludes halogenated alkanes) is 12. The van der Waals surface area contributed by atoms with Crippen molar-refractivity contribution in [3.63, 3.8) is 0 Å². The number of aliphatic hydroxyl groups excluding tert-OH is 8. The molecule has 0 amide bonds. The molecule has 0 aliphatic carbocycles. The van der Waals surface area contributed by atoms with Crippen LogP contribution in [0, 0.1) is 0 Å². The van der Waals surface area contributed by atoms with E-state index in [0.29, 0.717) is 25.7 Å². The van der Waals surface area contributed by atoms with Crippen molar-refractivity contribution in [2.45, 2.75) is 388 Å². The fourth-order valence-electron chi connectivity index (χ4n) is 12.6. The summed E-state index contributed by atoms with van der Waals surface area (Å²) in [6.07, 6.45) is -17.0. The van der Waals surface area contributed by atoms with Crippen molar-refractivity contribution >= 4 is 17.9 Å². The van der Waals surface area contributed by atoms with Crippen molar-refractivity contribution in [1.29, 1.82) is 0 Å². The predicted molar refractivity (Wildman–Crippen MR) is 315 cm³/mol. The van der Waals surface area contributed by atoms with Gasteiger partial charge in [-0.2, -0.15) is 0 Å². The zero-order valence-corrected chi connectivity index (χ0v) is 53.7. The first-order valence-corrected chi connectivity index (χ1v) is 33.8. The third kappa shape index (κ3) is 21.6. The predicted octanol–water partition coefficient (Wildman–Crippen LogP) is 5.87. The number of fused-ring (bicyclic) bond motifs is 4. The third-order valence-corrected chi connectivity index (χ3v) is 18.1. The van der Waals surface area contributed by atoms with Gasteiger partial charge in [-0.3, -0.25) is 14.4 Å². The lowest BCUT2D eigenvalue weighted by Gasteiger charge is -2.51. The lowest BCUT2D eigenvalue weighted by molar-refractivity contribution is -0.398. The molecule has 6 heterocycles. The maximum atomic E-state index is 14.4. The molecule has 512 valence electrons. The molecule has 0 aromatic carbocycles. The molecule has 0 aromatic heterocycles. The number of esters is 3. The number of hydrogen-bond acceptors (Lipinski definition) is 24. The van der Waals surface area contributed by atoms with Gasteiger partial charge in [0.15, 0.2) is 49.8 Å². The Morgan fingerprint density at radius 3 is 1.51 bits per heavy atom. The lowest BCUT2D eigenvalue weighted by atomic mass is 9.95. The highest BCUT2D eigenvalue weighted by molar-refractivity contribution is 5.70. The summed E-state index contributed by atoms with van der Waals surface area (Å²) in [5, 5.41) is 92.4. The monoisotopic (exact) mass is 1260 g/mol. The maximum absolute atomic E-state index is 14.4. The summed E-state index contributed by atoms with van der Waals surface area (Å²) in [5.41, 5.74) is 0. The van der Waals surface area contributed by atoms with E-state index < -0.39 is 171 Å². The van der Waals surface area contributed by atoms with Crippen LogP contribution in [0.15, 0.2) is 0 Å². The van der Waals surface area contributed by atoms with E-state index >= 15 is 0 Å². The van der Waals surface area contributed by atoms with Crippen LogP contribution in [0.2, 0.25) is 0 Å². The molecular weight excluding hydrogens is 1150 g/mol. The summed E-state index contributed by atoms with van der Waals surface area (Å²) in [7, 11) is 0. The van der Waals surface area contributed by atoms with E-state index in [9.17, 15) is 55.2 Å². The first kappa shape index (κ1) is 74.7. The van der Waals surface area contributed by atoms with Gasteiger partial charge in [0.2, 0.25) is 0 Å². The molecule has 6 aliphatic rings. The Labute approximate surface area is 521 Å². The highest BCUT2D eigenvalue weighted by atomic mass is 16.8. The van der Waals surface area contributed by atoms with Crippen molar-refractivity contribution in [3.05, 3.63) is 0 Å². The number of rotatable bonds is 26. The maximum Gasteiger partial charge on any atom is 0.306 e. The standard InChI is InChI=1S/C64H112O24/c1-9-12-15-16-17-18-21-24-30-35-44(67)84-59-58(88-60-49(72)47(70)45(68)36(4)76-60)55(85-61-50(73)48(71)53(38(6)78-61)82-42(65)33-27-14-11-3)40(8)80-64(59)86-54-39(7)79-63-52(75)57(54)83-43(66)34-29-25-22-19-20-23-28-32-41(31-26-13-10-2)81-62-51(74)56(87-63)46(69)37(5)77-62/h36-41,45-64,68-75H,9-35H2,1-8H3/t36-,37+,38-,39-,40-,41+,45-,46-,47+,48-,49+,50+,51+,52+,53-,54-,55-,56-,57-,58+,59+,60-,61-,62+,63-,64-/m0/s1. The minimum Gasteiger partial charge on any atom is -0.457 e. The SMILES string of the molecule is CCCCCCCCCCCC(=O)O[C@H]1[C@H](O[C@@H]2[C@H]3OC(=O)CCCCCCCCC[C@@H](CCCCC)O[C@H]4O[C@H](C)[C@H](O)[C@H](O[C@H](O[C@H]2C)[C@@H]3O)[C@H]4O)O[C@@H](C)[C@H](O[C@@H]2O[C@@H](C)[C@H](OC(=O)CCCCC)[C@@H](O)[C@H]2O)[C@H]1O[C@@H]1O[C@@H](C)[C@H](O)[C@@H](O)[C@H]1O. The van der Waals surface area contributed by atoms with Crippen molar-refractivity contribution < 1.29 is 117 Å². The van der Waals surface area contributed by atoms with Gasteiger partial charge in [0.25, 0.3) is 0 Å². The molecule has 0 unspecified atom stereocenters. The van der Waals surface area contributed by atoms with Gasteiger partial charge in [-0.25, -0.2) is 0 Å². The topological polar surface area (TPSA) is 333 Å². The van der Waals surface area contributed by atoms with Crippen LogP contribution in [-0.4, -0.2) is 218 Å². The Balaban J connectivity index is 1.33. The second kappa shape index (κ2) is 38.2. The smallest absolute Gasteiger partial charge is 0.306 e. The van der Waals surface area contributed by atoms with Crippen LogP contribution in [0.1, 0.15) is 229 Å². The summed E-state index contributed by atoms with van der Waals surface area (Å²) in [5.74, 6) is -2.02. The van der Waals surface area contributed by atoms with Gasteiger partial charge >= 0.3 is 17.9 Å². The average Bonchev–Trinajstić information content (AvgIpc) is 1.65. The molecule has 0 radical (unpaired) electrons. The zero-order chi connectivity index (χ0) is 64.0. The third-order valence-electron chi connectivity index (χ3n) is 18.1. The second-order valence-corrected chi connectivity index (χ2v) is 25.5. The van der Waals surface area contributed by atoms with Gasteiger partial charge in [0.05, 0.1) is 36.6 Å². The fraction of sp³-hybridized carbons (Fsp3) is 0.953. The quantitative estimate of drug-likeness (QED) is 0.0285. The van der Waals surface area contributed by atoms with Crippen LogP contribution in [0.25, 0.3) is 0 Å². The first-order valence-electron chi connectivity index (χ1n) is 33.8. The first-order chi connectivity index (χ1) is 42.2. The van der Waals surface area contributed by atoms with E-state index in [1.165, 1.54) is 27.2 Å². The molecular formula is C64H112O24. The Morgan fingerprint density at radius 2 is 0.852 bits per heavy atom. The number of hydrogen-bond donors (Lipinski definition) is 8. The van der Waals surface area contributed by atoms with Crippen molar-refractivity contribution in [1.82, 2.24) is 0 Å². The number of carbonyl (C=O) groups excluding carboxylic acids is 3. The molecule has 0 saturated carbocycles. The minimum atomic E-state index is -1.90. The summed E-state index contributed by atoms with van der Waals surface area (Å²) in [6, 6.07) is 0. The van der Waals surface area contributed by atoms with Gasteiger partial charge in [-0.15, -0.1) is 0 Å². The Hall–Kier alpha value is -2.31. The van der Waals surface area contributed by atoms with Crippen LogP contribution < -0.4 is 0 Å². The van der Waals surface area contributed by atoms with E-state index in [1.54, 1.807) is 13.8 Å². The molecule has 8 N–H and O–H groups in total. The molecule has 4 bridgehead atoms. The molecule has 6 saturated heterocycles. The largest absolute Gasteiger partial charge is 0.457 e. The molecule has 24 nitrogen and oxygen atoms in total. The van der Waals surface area contributed by atoms with Crippen LogP contribution >= 0.6 is 0 Å². The van der Waals surface area contributed by atoms with Crippen LogP contribution in [0.4, 0.5) is 0 Å². The van der Waals surface area contributed by atoms with Crippen LogP contribution in [0.3, 0.4) is 0 Å². The van der Waals surface area contributed by atoms with E-state index in [-0.39, 0.29) is 25.4 Å². The van der Waals surface area contributed by atoms with Gasteiger partial charge in [-0.1, -0.05) is 143 Å². The molecule has 88 heavy (non-hydrogen) atoms. The summed E-state index contributed by atoms with van der Waals surface area (Å²) in [6.45, 7) is 13.9. The number of carbonyl (C=O) groups is 3. The van der Waals surface area contributed by atoms with E-state index in [1.807, 2.05) is 6.92 Å². The fourth-order valence-corrected chi connectivity index (χ4v) is 12.6. The molecule has 6 rings (SSSR count). The molecule has 24 heteroatoms. The van der Waals surface area contributed by atoms with Gasteiger partial charge < -0.3 is 102 Å². The minimum absolute atomic E-state index is 0.0255. The van der Waals surface area contributed by atoms with Gasteiger partial charge in [0.1, 0.15) is 73.2 Å². The molecule has 6 aliphatic heterocycles. The lowest BCUT2D eigenvalue weighted by Crippen LogP contribution is -2.68. The molecule has 0 aromatic rings. The van der Waals surface area contributed by atoms with Crippen molar-refractivity contribution in [2.24, 2.45) is 0 Å². The summed E-state index contributed by atoms with van der Waals surface area (Å²) in [4.78, 5) is 41.3. The van der Waals surface area contributed by atoms with Crippen molar-refractivity contribution in [3.8, 4) is 0 Å². The normalized spacial score (nSPS) is 40.9. The zero-order valence-electron chi connectivity index (χ0n) is 53.7. The highest BCUT2D eigenvalue weighted by Gasteiger charge is 2.58. The number of aliphatic hydroxyl groups is 8. The second-order valence-electron chi connectivity index (χ2n) is 25.5. The van der Waals surface area contributed by atoms with Crippen LogP contribution in [0.5, 0.6) is 0 Å². The van der Waals surface area contributed by atoms with E-state index in [2.05, 4.69) is 13.8 Å². The summed E-state index contributed by atoms with van der Waals surface area (Å²) >= 11 is 0. The van der Waals surface area contributed by atoms with Crippen molar-refractivity contribution in [2.75, 3.05) is 0 Å².